The number of amides is 1. The third-order valence-corrected chi connectivity index (χ3v) is 3.94. The molecule has 1 aromatic heterocycles. The average Bonchev–Trinajstić information content (AvgIpc) is 3.06. The fourth-order valence-corrected chi connectivity index (χ4v) is 2.75. The zero-order valence-corrected chi connectivity index (χ0v) is 12.5. The summed E-state index contributed by atoms with van der Waals surface area (Å²) in [5.41, 5.74) is 2.67. The quantitative estimate of drug-likeness (QED) is 0.850. The summed E-state index contributed by atoms with van der Waals surface area (Å²) >= 11 is 0. The minimum absolute atomic E-state index is 0.177. The summed E-state index contributed by atoms with van der Waals surface area (Å²) < 4.78 is 5.38. The van der Waals surface area contributed by atoms with Crippen LogP contribution in [0.1, 0.15) is 42.6 Å². The molecule has 0 spiro atoms. The number of allylic oxidation sites excluding steroid dienone is 1. The number of oxazole rings is 1. The van der Waals surface area contributed by atoms with Gasteiger partial charge in [-0.1, -0.05) is 42.0 Å². The van der Waals surface area contributed by atoms with E-state index in [0.717, 1.165) is 18.4 Å². The maximum absolute atomic E-state index is 12.3. The number of carbonyl (C=O) groups is 1. The van der Waals surface area contributed by atoms with Crippen molar-refractivity contribution in [2.45, 2.75) is 32.1 Å². The fraction of sp³-hybridized carbons (Fsp3) is 0.333. The molecule has 114 valence electrons. The van der Waals surface area contributed by atoms with E-state index in [4.69, 9.17) is 4.42 Å². The van der Waals surface area contributed by atoms with Crippen LogP contribution in [0, 0.1) is 0 Å². The van der Waals surface area contributed by atoms with E-state index in [9.17, 15) is 4.79 Å². The summed E-state index contributed by atoms with van der Waals surface area (Å²) in [6, 6.07) is 9.57. The van der Waals surface area contributed by atoms with Crippen molar-refractivity contribution in [1.29, 1.82) is 0 Å². The monoisotopic (exact) mass is 296 g/mol. The third-order valence-electron chi connectivity index (χ3n) is 3.94. The number of nitrogens with one attached hydrogen (secondary N) is 1. The Morgan fingerprint density at radius 1 is 1.23 bits per heavy atom. The number of hydrogen-bond acceptors (Lipinski definition) is 3. The van der Waals surface area contributed by atoms with Gasteiger partial charge in [0, 0.05) is 12.1 Å². The number of benzene rings is 1. The van der Waals surface area contributed by atoms with Gasteiger partial charge in [0.25, 0.3) is 5.91 Å². The van der Waals surface area contributed by atoms with Crippen molar-refractivity contribution >= 4 is 5.91 Å². The number of rotatable bonds is 5. The van der Waals surface area contributed by atoms with Crippen molar-refractivity contribution in [3.05, 3.63) is 54.1 Å². The molecule has 1 aliphatic rings. The molecular formula is C18H20N2O2. The van der Waals surface area contributed by atoms with Gasteiger partial charge in [-0.2, -0.15) is 0 Å². The number of nitrogens with zero attached hydrogens (tertiary/aromatic N) is 1. The molecule has 1 aromatic carbocycles. The Balaban J connectivity index is 1.61. The Morgan fingerprint density at radius 3 is 2.86 bits per heavy atom. The summed E-state index contributed by atoms with van der Waals surface area (Å²) in [5.74, 6) is 0.346. The van der Waals surface area contributed by atoms with Crippen LogP contribution in [0.3, 0.4) is 0 Å². The highest BCUT2D eigenvalue weighted by atomic mass is 16.3. The highest BCUT2D eigenvalue weighted by Crippen LogP contribution is 2.23. The van der Waals surface area contributed by atoms with E-state index in [2.05, 4.69) is 16.4 Å². The number of hydrogen-bond donors (Lipinski definition) is 1. The fourth-order valence-electron chi connectivity index (χ4n) is 2.75. The summed E-state index contributed by atoms with van der Waals surface area (Å²) in [4.78, 5) is 16.4. The summed E-state index contributed by atoms with van der Waals surface area (Å²) in [5, 5.41) is 2.94. The van der Waals surface area contributed by atoms with E-state index in [1.165, 1.54) is 31.2 Å². The van der Waals surface area contributed by atoms with Gasteiger partial charge in [0.1, 0.15) is 0 Å². The molecular weight excluding hydrogens is 276 g/mol. The van der Waals surface area contributed by atoms with Crippen LogP contribution in [-0.2, 0) is 0 Å². The molecule has 0 fully saturated rings. The van der Waals surface area contributed by atoms with Gasteiger partial charge in [-0.05, 0) is 32.1 Å². The van der Waals surface area contributed by atoms with Crippen LogP contribution in [0.2, 0.25) is 0 Å². The van der Waals surface area contributed by atoms with Crippen molar-refractivity contribution in [1.82, 2.24) is 10.3 Å². The summed E-state index contributed by atoms with van der Waals surface area (Å²) in [6.07, 6.45) is 9.43. The normalized spacial score (nSPS) is 14.5. The van der Waals surface area contributed by atoms with E-state index in [-0.39, 0.29) is 5.91 Å². The summed E-state index contributed by atoms with van der Waals surface area (Å²) in [7, 11) is 0. The summed E-state index contributed by atoms with van der Waals surface area (Å²) in [6.45, 7) is 0.645. The predicted molar refractivity (Wildman–Crippen MR) is 85.4 cm³/mol. The van der Waals surface area contributed by atoms with E-state index in [1.807, 2.05) is 30.3 Å². The average molecular weight is 296 g/mol. The lowest BCUT2D eigenvalue weighted by Gasteiger charge is -2.12. The first-order valence-corrected chi connectivity index (χ1v) is 7.79. The Labute approximate surface area is 130 Å². The molecule has 0 unspecified atom stereocenters. The molecule has 0 radical (unpaired) electrons. The van der Waals surface area contributed by atoms with E-state index in [1.54, 1.807) is 0 Å². The molecule has 22 heavy (non-hydrogen) atoms. The van der Waals surface area contributed by atoms with E-state index < -0.39 is 0 Å². The Bertz CT molecular complexity index is 659. The SMILES string of the molecule is O=C(NCCC1=CCCCC1)c1ncoc1-c1ccccc1. The molecule has 2 aromatic rings. The van der Waals surface area contributed by atoms with Crippen molar-refractivity contribution in [3.8, 4) is 11.3 Å². The lowest BCUT2D eigenvalue weighted by Crippen LogP contribution is -2.25. The van der Waals surface area contributed by atoms with Crippen LogP contribution in [0.15, 0.2) is 52.8 Å². The Kier molecular flexibility index (Phi) is 4.68. The molecule has 1 amide bonds. The smallest absolute Gasteiger partial charge is 0.273 e. The second-order valence-corrected chi connectivity index (χ2v) is 5.51. The molecule has 0 bridgehead atoms. The van der Waals surface area contributed by atoms with Gasteiger partial charge in [-0.15, -0.1) is 0 Å². The first kappa shape index (κ1) is 14.6. The molecule has 0 atom stereocenters. The molecule has 3 rings (SSSR count). The maximum Gasteiger partial charge on any atom is 0.273 e. The molecule has 1 heterocycles. The predicted octanol–water partition coefficient (Wildman–Crippen LogP) is 3.96. The largest absolute Gasteiger partial charge is 0.443 e. The first-order chi connectivity index (χ1) is 10.8. The van der Waals surface area contributed by atoms with Crippen molar-refractivity contribution < 1.29 is 9.21 Å². The van der Waals surface area contributed by atoms with Crippen LogP contribution < -0.4 is 5.32 Å². The lowest BCUT2D eigenvalue weighted by molar-refractivity contribution is 0.0950. The number of aromatic nitrogens is 1. The third kappa shape index (κ3) is 3.45. The Morgan fingerprint density at radius 2 is 2.09 bits per heavy atom. The van der Waals surface area contributed by atoms with E-state index >= 15 is 0 Å². The standard InChI is InChI=1S/C18H20N2O2/c21-18(19-12-11-14-7-3-1-4-8-14)16-17(22-13-20-16)15-9-5-2-6-10-15/h2,5-7,9-10,13H,1,3-4,8,11-12H2,(H,19,21). The second kappa shape index (κ2) is 7.07. The van der Waals surface area contributed by atoms with Crippen LogP contribution in [-0.4, -0.2) is 17.4 Å². The van der Waals surface area contributed by atoms with Crippen LogP contribution in [0.4, 0.5) is 0 Å². The van der Waals surface area contributed by atoms with Crippen molar-refractivity contribution in [3.63, 3.8) is 0 Å². The molecule has 0 aliphatic heterocycles. The minimum Gasteiger partial charge on any atom is -0.443 e. The lowest BCUT2D eigenvalue weighted by atomic mass is 9.97. The van der Waals surface area contributed by atoms with Gasteiger partial charge in [-0.3, -0.25) is 4.79 Å². The van der Waals surface area contributed by atoms with Crippen molar-refractivity contribution in [2.75, 3.05) is 6.54 Å². The number of carbonyl (C=O) groups excluding carboxylic acids is 1. The molecule has 4 nitrogen and oxygen atoms in total. The highest BCUT2D eigenvalue weighted by molar-refractivity contribution is 5.97. The molecule has 0 saturated heterocycles. The molecule has 1 aliphatic carbocycles. The van der Waals surface area contributed by atoms with Crippen LogP contribution in [0.5, 0.6) is 0 Å². The maximum atomic E-state index is 12.3. The highest BCUT2D eigenvalue weighted by Gasteiger charge is 2.17. The van der Waals surface area contributed by atoms with Gasteiger partial charge in [0.15, 0.2) is 17.8 Å². The van der Waals surface area contributed by atoms with Gasteiger partial charge in [0.05, 0.1) is 0 Å². The zero-order valence-electron chi connectivity index (χ0n) is 12.5. The van der Waals surface area contributed by atoms with Gasteiger partial charge in [-0.25, -0.2) is 4.98 Å². The second-order valence-electron chi connectivity index (χ2n) is 5.51. The first-order valence-electron chi connectivity index (χ1n) is 7.79. The molecule has 4 heteroatoms. The van der Waals surface area contributed by atoms with E-state index in [0.29, 0.717) is 18.0 Å². The topological polar surface area (TPSA) is 55.1 Å². The minimum atomic E-state index is -0.177. The zero-order chi connectivity index (χ0) is 15.2. The van der Waals surface area contributed by atoms with Crippen LogP contribution in [0.25, 0.3) is 11.3 Å². The van der Waals surface area contributed by atoms with Crippen LogP contribution >= 0.6 is 0 Å². The molecule has 0 saturated carbocycles. The van der Waals surface area contributed by atoms with Gasteiger partial charge >= 0.3 is 0 Å². The van der Waals surface area contributed by atoms with Crippen molar-refractivity contribution in [2.24, 2.45) is 0 Å². The van der Waals surface area contributed by atoms with Gasteiger partial charge < -0.3 is 9.73 Å². The molecule has 1 N–H and O–H groups in total. The Hall–Kier alpha value is -2.36. The van der Waals surface area contributed by atoms with Gasteiger partial charge in [0.2, 0.25) is 0 Å².